The van der Waals surface area contributed by atoms with Crippen molar-refractivity contribution in [2.24, 2.45) is 7.05 Å². The van der Waals surface area contributed by atoms with Crippen molar-refractivity contribution >= 4 is 0 Å². The van der Waals surface area contributed by atoms with Crippen LogP contribution in [0.2, 0.25) is 0 Å². The minimum Gasteiger partial charge on any atom is -0.377 e. The van der Waals surface area contributed by atoms with Crippen LogP contribution in [0.4, 0.5) is 0 Å². The second kappa shape index (κ2) is 4.97. The molecule has 0 bridgehead atoms. The summed E-state index contributed by atoms with van der Waals surface area (Å²) in [7, 11) is 4.21. The Balaban J connectivity index is 1.86. The first kappa shape index (κ1) is 11.6. The van der Waals surface area contributed by atoms with Crippen LogP contribution in [0.1, 0.15) is 24.4 Å². The fourth-order valence-electron chi connectivity index (χ4n) is 2.17. The minimum absolute atomic E-state index is 0.430. The number of aryl methyl sites for hydroxylation is 1. The Kier molecular flexibility index (Phi) is 3.61. The van der Waals surface area contributed by atoms with Crippen molar-refractivity contribution in [2.45, 2.75) is 32.4 Å². The van der Waals surface area contributed by atoms with Crippen molar-refractivity contribution in [2.75, 3.05) is 20.2 Å². The van der Waals surface area contributed by atoms with Crippen molar-refractivity contribution < 1.29 is 4.74 Å². The van der Waals surface area contributed by atoms with Gasteiger partial charge in [-0.25, -0.2) is 4.98 Å². The van der Waals surface area contributed by atoms with Gasteiger partial charge >= 0.3 is 0 Å². The highest BCUT2D eigenvalue weighted by Gasteiger charge is 2.17. The summed E-state index contributed by atoms with van der Waals surface area (Å²) in [5.41, 5.74) is 1.26. The summed E-state index contributed by atoms with van der Waals surface area (Å²) in [6, 6.07) is 0. The number of ether oxygens (including phenoxy) is 1. The summed E-state index contributed by atoms with van der Waals surface area (Å²) in [6.07, 6.45) is 4.80. The average molecular weight is 223 g/mol. The maximum absolute atomic E-state index is 5.63. The Morgan fingerprint density at radius 1 is 1.62 bits per heavy atom. The van der Waals surface area contributed by atoms with Gasteiger partial charge < -0.3 is 9.30 Å². The van der Waals surface area contributed by atoms with Crippen LogP contribution >= 0.6 is 0 Å². The summed E-state index contributed by atoms with van der Waals surface area (Å²) in [5.74, 6) is 1.07. The van der Waals surface area contributed by atoms with E-state index in [0.717, 1.165) is 25.5 Å². The molecule has 1 aliphatic heterocycles. The molecule has 90 valence electrons. The molecule has 0 aromatic carbocycles. The lowest BCUT2D eigenvalue weighted by Gasteiger charge is -2.20. The molecule has 0 radical (unpaired) electrons. The van der Waals surface area contributed by atoms with Crippen LogP contribution in [0.3, 0.4) is 0 Å². The molecule has 1 atom stereocenters. The zero-order chi connectivity index (χ0) is 11.5. The summed E-state index contributed by atoms with van der Waals surface area (Å²) in [5, 5.41) is 0. The average Bonchev–Trinajstić information content (AvgIpc) is 2.83. The standard InChI is InChI=1S/C12H21N3O/c1-10-13-7-11(15(10)3)8-14(2)9-12-5-4-6-16-12/h7,12H,4-6,8-9H2,1-3H3. The van der Waals surface area contributed by atoms with E-state index in [0.29, 0.717) is 6.10 Å². The molecule has 1 aromatic rings. The lowest BCUT2D eigenvalue weighted by molar-refractivity contribution is 0.0787. The smallest absolute Gasteiger partial charge is 0.105 e. The van der Waals surface area contributed by atoms with Crippen LogP contribution in [-0.2, 0) is 18.3 Å². The van der Waals surface area contributed by atoms with E-state index in [4.69, 9.17) is 4.74 Å². The molecule has 0 spiro atoms. The molecule has 1 aliphatic rings. The minimum atomic E-state index is 0.430. The second-order valence-electron chi connectivity index (χ2n) is 4.69. The van der Waals surface area contributed by atoms with E-state index in [1.165, 1.54) is 18.5 Å². The van der Waals surface area contributed by atoms with E-state index in [1.807, 2.05) is 13.1 Å². The number of rotatable bonds is 4. The summed E-state index contributed by atoms with van der Waals surface area (Å²) in [4.78, 5) is 6.62. The van der Waals surface area contributed by atoms with Crippen molar-refractivity contribution in [3.63, 3.8) is 0 Å². The largest absolute Gasteiger partial charge is 0.377 e. The van der Waals surface area contributed by atoms with Crippen LogP contribution in [0, 0.1) is 6.92 Å². The summed E-state index contributed by atoms with van der Waals surface area (Å²) >= 11 is 0. The number of nitrogens with zero attached hydrogens (tertiary/aromatic N) is 3. The van der Waals surface area contributed by atoms with Crippen molar-refractivity contribution in [1.29, 1.82) is 0 Å². The first-order chi connectivity index (χ1) is 7.66. The third-order valence-corrected chi connectivity index (χ3v) is 3.29. The van der Waals surface area contributed by atoms with E-state index >= 15 is 0 Å². The van der Waals surface area contributed by atoms with Gasteiger partial charge in [0.15, 0.2) is 0 Å². The highest BCUT2D eigenvalue weighted by molar-refractivity contribution is 5.03. The van der Waals surface area contributed by atoms with Gasteiger partial charge in [0.25, 0.3) is 0 Å². The van der Waals surface area contributed by atoms with Gasteiger partial charge in [-0.1, -0.05) is 0 Å². The highest BCUT2D eigenvalue weighted by atomic mass is 16.5. The zero-order valence-corrected chi connectivity index (χ0v) is 10.4. The normalized spacial score (nSPS) is 20.9. The van der Waals surface area contributed by atoms with Crippen LogP contribution in [0.25, 0.3) is 0 Å². The Morgan fingerprint density at radius 2 is 2.44 bits per heavy atom. The third-order valence-electron chi connectivity index (χ3n) is 3.29. The number of likely N-dealkylation sites (N-methyl/N-ethyl adjacent to an activating group) is 1. The van der Waals surface area contributed by atoms with Crippen molar-refractivity contribution in [3.8, 4) is 0 Å². The molecular formula is C12H21N3O. The summed E-state index contributed by atoms with van der Waals surface area (Å²) in [6.45, 7) is 4.92. The van der Waals surface area contributed by atoms with E-state index in [1.54, 1.807) is 0 Å². The Morgan fingerprint density at radius 3 is 3.00 bits per heavy atom. The van der Waals surface area contributed by atoms with Gasteiger partial charge in [-0.3, -0.25) is 4.90 Å². The predicted octanol–water partition coefficient (Wildman–Crippen LogP) is 1.34. The maximum atomic E-state index is 5.63. The molecule has 16 heavy (non-hydrogen) atoms. The Labute approximate surface area is 97.2 Å². The van der Waals surface area contributed by atoms with E-state index in [9.17, 15) is 0 Å². The maximum Gasteiger partial charge on any atom is 0.105 e. The zero-order valence-electron chi connectivity index (χ0n) is 10.4. The number of aromatic nitrogens is 2. The number of hydrogen-bond acceptors (Lipinski definition) is 3. The monoisotopic (exact) mass is 223 g/mol. The van der Waals surface area contributed by atoms with E-state index in [-0.39, 0.29) is 0 Å². The molecule has 1 aromatic heterocycles. The highest BCUT2D eigenvalue weighted by Crippen LogP contribution is 2.14. The second-order valence-corrected chi connectivity index (χ2v) is 4.69. The Hall–Kier alpha value is -0.870. The number of imidazole rings is 1. The van der Waals surface area contributed by atoms with Gasteiger partial charge in [-0.05, 0) is 26.8 Å². The van der Waals surface area contributed by atoms with Crippen LogP contribution in [-0.4, -0.2) is 40.8 Å². The molecule has 1 unspecified atom stereocenters. The van der Waals surface area contributed by atoms with Crippen LogP contribution < -0.4 is 0 Å². The van der Waals surface area contributed by atoms with Gasteiger partial charge in [0.2, 0.25) is 0 Å². The molecular weight excluding hydrogens is 202 g/mol. The quantitative estimate of drug-likeness (QED) is 0.771. The Bertz CT molecular complexity index is 342. The van der Waals surface area contributed by atoms with E-state index in [2.05, 4.69) is 28.5 Å². The predicted molar refractivity (Wildman–Crippen MR) is 63.3 cm³/mol. The number of hydrogen-bond donors (Lipinski definition) is 0. The lowest BCUT2D eigenvalue weighted by atomic mass is 10.2. The molecule has 2 heterocycles. The fourth-order valence-corrected chi connectivity index (χ4v) is 2.17. The van der Waals surface area contributed by atoms with E-state index < -0.39 is 0 Å². The van der Waals surface area contributed by atoms with Gasteiger partial charge in [0.05, 0.1) is 11.8 Å². The van der Waals surface area contributed by atoms with Crippen LogP contribution in [0.5, 0.6) is 0 Å². The fraction of sp³-hybridized carbons (Fsp3) is 0.750. The molecule has 0 aliphatic carbocycles. The topological polar surface area (TPSA) is 30.3 Å². The van der Waals surface area contributed by atoms with Crippen molar-refractivity contribution in [1.82, 2.24) is 14.5 Å². The first-order valence-corrected chi connectivity index (χ1v) is 5.94. The van der Waals surface area contributed by atoms with Gasteiger partial charge in [-0.2, -0.15) is 0 Å². The molecule has 0 saturated carbocycles. The van der Waals surface area contributed by atoms with Crippen LogP contribution in [0.15, 0.2) is 6.20 Å². The molecule has 4 nitrogen and oxygen atoms in total. The summed E-state index contributed by atoms with van der Waals surface area (Å²) < 4.78 is 7.78. The lowest BCUT2D eigenvalue weighted by Crippen LogP contribution is -2.29. The SMILES string of the molecule is Cc1ncc(CN(C)CC2CCCO2)n1C. The third kappa shape index (κ3) is 2.62. The molecule has 4 heteroatoms. The van der Waals surface area contributed by atoms with Gasteiger partial charge in [0.1, 0.15) is 5.82 Å². The molecule has 1 saturated heterocycles. The van der Waals surface area contributed by atoms with Crippen molar-refractivity contribution in [3.05, 3.63) is 17.7 Å². The molecule has 0 amide bonds. The van der Waals surface area contributed by atoms with Gasteiger partial charge in [0, 0.05) is 32.9 Å². The first-order valence-electron chi connectivity index (χ1n) is 5.94. The molecule has 0 N–H and O–H groups in total. The molecule has 1 fully saturated rings. The van der Waals surface area contributed by atoms with Gasteiger partial charge in [-0.15, -0.1) is 0 Å². The molecule has 2 rings (SSSR count).